The third-order valence-electron chi connectivity index (χ3n) is 6.74. The highest BCUT2D eigenvalue weighted by atomic mass is 31.2. The van der Waals surface area contributed by atoms with E-state index in [0.29, 0.717) is 17.0 Å². The molecule has 5 N–H and O–H groups in total. The van der Waals surface area contributed by atoms with Crippen molar-refractivity contribution in [2.45, 2.75) is 70.2 Å². The van der Waals surface area contributed by atoms with Crippen LogP contribution in [0.5, 0.6) is 5.75 Å². The number of nitrogens with one attached hydrogen (secondary N) is 2. The standard InChI is InChI=1S/C26H35FN7O7P/c1-14(2)39-25(36)15(3)33-42(37,41-17-7-5-4-6-8-17)38-12-19-21(35)18(11-27)24(40-19)34-13-29-20-22(30-16-9-10-16)31-26(28)32-23(20)34/h4-8,13-16,18-19,21,24,35H,9-12H2,1-3H3,(H,33,37)(H3,28,30,31,32)/t15-,18-,19+,21-,24+,42?/m0/s1. The molecule has 42 heavy (non-hydrogen) atoms. The molecule has 1 unspecified atom stereocenters. The van der Waals surface area contributed by atoms with E-state index in [4.69, 9.17) is 24.3 Å². The lowest BCUT2D eigenvalue weighted by molar-refractivity contribution is -0.149. The predicted octanol–water partition coefficient (Wildman–Crippen LogP) is 2.96. The van der Waals surface area contributed by atoms with E-state index in [1.807, 2.05) is 0 Å². The molecule has 16 heteroatoms. The quantitative estimate of drug-likeness (QED) is 0.164. The van der Waals surface area contributed by atoms with Crippen LogP contribution in [0, 0.1) is 5.92 Å². The number of hydrogen-bond acceptors (Lipinski definition) is 12. The summed E-state index contributed by atoms with van der Waals surface area (Å²) < 4.78 is 52.2. The number of ether oxygens (including phenoxy) is 2. The van der Waals surface area contributed by atoms with Crippen LogP contribution in [0.4, 0.5) is 16.2 Å². The van der Waals surface area contributed by atoms with Crippen LogP contribution in [-0.2, 0) is 23.4 Å². The summed E-state index contributed by atoms with van der Waals surface area (Å²) in [5.74, 6) is -1.02. The third-order valence-corrected chi connectivity index (χ3v) is 8.39. The Morgan fingerprint density at radius 1 is 1.26 bits per heavy atom. The molecule has 0 bridgehead atoms. The number of nitrogens with two attached hydrogens (primary N) is 1. The first-order valence-electron chi connectivity index (χ1n) is 13.7. The number of alkyl halides is 1. The molecule has 2 fully saturated rings. The number of carbonyl (C=O) groups excluding carboxylic acids is 1. The number of aliphatic hydroxyl groups is 1. The molecule has 1 saturated carbocycles. The number of esters is 1. The van der Waals surface area contributed by atoms with Gasteiger partial charge in [-0.15, -0.1) is 0 Å². The SMILES string of the molecule is CC(C)OC(=O)[C@H](C)NP(=O)(OC[C@H]1O[C@@H](n2cnc3c(NC4CC4)nc(N)nc32)[C@@H](CF)[C@@H]1O)Oc1ccccc1. The van der Waals surface area contributed by atoms with Gasteiger partial charge >= 0.3 is 13.7 Å². The Balaban J connectivity index is 1.35. The lowest BCUT2D eigenvalue weighted by atomic mass is 10.0. The van der Waals surface area contributed by atoms with Gasteiger partial charge in [-0.2, -0.15) is 15.1 Å². The van der Waals surface area contributed by atoms with Crippen molar-refractivity contribution >= 4 is 36.6 Å². The zero-order valence-electron chi connectivity index (χ0n) is 23.4. The lowest BCUT2D eigenvalue weighted by Gasteiger charge is -2.25. The van der Waals surface area contributed by atoms with Gasteiger partial charge < -0.3 is 30.2 Å². The van der Waals surface area contributed by atoms with Gasteiger partial charge in [0.05, 0.1) is 37.7 Å². The van der Waals surface area contributed by atoms with Crippen molar-refractivity contribution in [3.05, 3.63) is 36.7 Å². The molecular weight excluding hydrogens is 572 g/mol. The minimum absolute atomic E-state index is 0.00202. The fraction of sp³-hybridized carbons (Fsp3) is 0.538. The third kappa shape index (κ3) is 6.81. The molecule has 3 aromatic rings. The Hall–Kier alpha value is -3.36. The Kier molecular flexibility index (Phi) is 8.94. The largest absolute Gasteiger partial charge is 0.462 e. The highest BCUT2D eigenvalue weighted by Gasteiger charge is 2.47. The van der Waals surface area contributed by atoms with E-state index in [-0.39, 0.29) is 17.7 Å². The minimum atomic E-state index is -4.24. The number of benzene rings is 1. The Labute approximate surface area is 241 Å². The number of nitrogen functional groups attached to an aromatic ring is 1. The maximum Gasteiger partial charge on any atom is 0.459 e. The summed E-state index contributed by atoms with van der Waals surface area (Å²) in [4.78, 5) is 25.3. The zero-order valence-corrected chi connectivity index (χ0v) is 24.3. The predicted molar refractivity (Wildman–Crippen MR) is 150 cm³/mol. The number of nitrogens with zero attached hydrogens (tertiary/aromatic N) is 4. The molecule has 1 aliphatic carbocycles. The van der Waals surface area contributed by atoms with E-state index >= 15 is 0 Å². The van der Waals surface area contributed by atoms with Crippen molar-refractivity contribution in [1.29, 1.82) is 0 Å². The second kappa shape index (κ2) is 12.5. The first kappa shape index (κ1) is 30.1. The van der Waals surface area contributed by atoms with E-state index in [1.165, 1.54) is 17.8 Å². The van der Waals surface area contributed by atoms with Crippen molar-refractivity contribution in [2.75, 3.05) is 24.3 Å². The number of rotatable bonds is 13. The van der Waals surface area contributed by atoms with Gasteiger partial charge in [0.25, 0.3) is 0 Å². The Morgan fingerprint density at radius 3 is 2.67 bits per heavy atom. The zero-order chi connectivity index (χ0) is 30.0. The maximum atomic E-state index is 14.3. The number of anilines is 2. The van der Waals surface area contributed by atoms with Crippen LogP contribution in [0.2, 0.25) is 0 Å². The molecule has 228 valence electrons. The van der Waals surface area contributed by atoms with Gasteiger partial charge in [0.1, 0.15) is 24.1 Å². The van der Waals surface area contributed by atoms with Crippen molar-refractivity contribution in [1.82, 2.24) is 24.6 Å². The lowest BCUT2D eigenvalue weighted by Crippen LogP contribution is -2.37. The van der Waals surface area contributed by atoms with Gasteiger partial charge in [0.2, 0.25) is 5.95 Å². The average Bonchev–Trinajstić information content (AvgIpc) is 3.56. The van der Waals surface area contributed by atoms with Gasteiger partial charge in [-0.05, 0) is 45.7 Å². The molecule has 5 rings (SSSR count). The van der Waals surface area contributed by atoms with Crippen LogP contribution in [0.15, 0.2) is 36.7 Å². The van der Waals surface area contributed by atoms with Gasteiger partial charge in [-0.25, -0.2) is 9.55 Å². The Bertz CT molecular complexity index is 1440. The van der Waals surface area contributed by atoms with Crippen LogP contribution in [-0.4, -0.2) is 74.3 Å². The first-order chi connectivity index (χ1) is 20.1. The fourth-order valence-electron chi connectivity index (χ4n) is 4.53. The molecule has 3 heterocycles. The molecule has 14 nitrogen and oxygen atoms in total. The summed E-state index contributed by atoms with van der Waals surface area (Å²) >= 11 is 0. The number of hydrogen-bond donors (Lipinski definition) is 4. The van der Waals surface area contributed by atoms with Crippen LogP contribution < -0.4 is 20.7 Å². The molecule has 2 aromatic heterocycles. The normalized spacial score (nSPS) is 24.4. The van der Waals surface area contributed by atoms with Gasteiger partial charge in [-0.1, -0.05) is 18.2 Å². The summed E-state index contributed by atoms with van der Waals surface area (Å²) in [5, 5.41) is 16.8. The topological polar surface area (TPSA) is 185 Å². The maximum absolute atomic E-state index is 14.3. The average molecular weight is 608 g/mol. The molecule has 6 atom stereocenters. The monoisotopic (exact) mass is 607 g/mol. The molecule has 0 radical (unpaired) electrons. The van der Waals surface area contributed by atoms with Gasteiger partial charge in [0.15, 0.2) is 17.0 Å². The highest BCUT2D eigenvalue weighted by Crippen LogP contribution is 2.47. The van der Waals surface area contributed by atoms with E-state index in [2.05, 4.69) is 25.4 Å². The second-order valence-electron chi connectivity index (χ2n) is 10.6. The van der Waals surface area contributed by atoms with Crippen molar-refractivity contribution in [3.8, 4) is 5.75 Å². The summed E-state index contributed by atoms with van der Waals surface area (Å²) in [5.41, 5.74) is 6.68. The first-order valence-corrected chi connectivity index (χ1v) is 15.2. The second-order valence-corrected chi connectivity index (χ2v) is 12.3. The van der Waals surface area contributed by atoms with E-state index < -0.39 is 63.5 Å². The van der Waals surface area contributed by atoms with Crippen LogP contribution >= 0.6 is 7.75 Å². The smallest absolute Gasteiger partial charge is 0.459 e. The molecule has 1 aliphatic heterocycles. The van der Waals surface area contributed by atoms with E-state index in [9.17, 15) is 18.9 Å². The summed E-state index contributed by atoms with van der Waals surface area (Å²) in [6, 6.07) is 7.43. The number of imidazole rings is 1. The number of aromatic nitrogens is 4. The number of aliphatic hydroxyl groups excluding tert-OH is 1. The number of fused-ring (bicyclic) bond motifs is 1. The van der Waals surface area contributed by atoms with Gasteiger partial charge in [-0.3, -0.25) is 18.3 Å². The van der Waals surface area contributed by atoms with Crippen molar-refractivity contribution in [3.63, 3.8) is 0 Å². The van der Waals surface area contributed by atoms with Crippen LogP contribution in [0.25, 0.3) is 11.2 Å². The molecule has 1 saturated heterocycles. The fourth-order valence-corrected chi connectivity index (χ4v) is 6.03. The van der Waals surface area contributed by atoms with Crippen LogP contribution in [0.1, 0.15) is 39.8 Å². The number of para-hydroxylation sites is 1. The Morgan fingerprint density at radius 2 is 2.00 bits per heavy atom. The summed E-state index contributed by atoms with van der Waals surface area (Å²) in [6.45, 7) is 3.42. The molecule has 1 aromatic carbocycles. The van der Waals surface area contributed by atoms with E-state index in [0.717, 1.165) is 12.8 Å². The van der Waals surface area contributed by atoms with Crippen LogP contribution in [0.3, 0.4) is 0 Å². The molecular formula is C26H35FN7O7P. The molecule has 2 aliphatic rings. The molecule has 0 amide bonds. The summed E-state index contributed by atoms with van der Waals surface area (Å²) in [6.07, 6.45) is -0.478. The highest BCUT2D eigenvalue weighted by molar-refractivity contribution is 7.52. The van der Waals surface area contributed by atoms with Crippen molar-refractivity contribution in [2.24, 2.45) is 5.92 Å². The van der Waals surface area contributed by atoms with E-state index in [1.54, 1.807) is 44.2 Å². The number of carbonyl (C=O) groups is 1. The van der Waals surface area contributed by atoms with Crippen molar-refractivity contribution < 1.29 is 37.4 Å². The van der Waals surface area contributed by atoms with Gasteiger partial charge in [0, 0.05) is 6.04 Å². The summed E-state index contributed by atoms with van der Waals surface area (Å²) in [7, 11) is -4.24. The number of halogens is 1. The molecule has 0 spiro atoms. The minimum Gasteiger partial charge on any atom is -0.462 e.